The first-order chi connectivity index (χ1) is 13.1. The van der Waals surface area contributed by atoms with Gasteiger partial charge in [0.1, 0.15) is 11.3 Å². The fraction of sp³-hybridized carbons (Fsp3) is 0.273. The molecule has 0 spiro atoms. The zero-order valence-electron chi connectivity index (χ0n) is 15.7. The van der Waals surface area contributed by atoms with Gasteiger partial charge in [0.25, 0.3) is 5.91 Å². The number of carbonyl (C=O) groups is 1. The van der Waals surface area contributed by atoms with E-state index in [2.05, 4.69) is 63.9 Å². The molecule has 5 heteroatoms. The molecule has 2 aromatic carbocycles. The summed E-state index contributed by atoms with van der Waals surface area (Å²) >= 11 is 0. The molecule has 0 saturated carbocycles. The zero-order chi connectivity index (χ0) is 18.8. The zero-order valence-corrected chi connectivity index (χ0v) is 15.7. The van der Waals surface area contributed by atoms with E-state index < -0.39 is 0 Å². The van der Waals surface area contributed by atoms with E-state index in [0.717, 1.165) is 25.1 Å². The second-order valence-corrected chi connectivity index (χ2v) is 7.00. The van der Waals surface area contributed by atoms with Crippen molar-refractivity contribution in [3.8, 4) is 0 Å². The van der Waals surface area contributed by atoms with Crippen LogP contribution in [0.2, 0.25) is 0 Å². The molecule has 27 heavy (non-hydrogen) atoms. The van der Waals surface area contributed by atoms with Crippen LogP contribution in [0.4, 0.5) is 5.69 Å². The Morgan fingerprint density at radius 2 is 1.85 bits per heavy atom. The van der Waals surface area contributed by atoms with Gasteiger partial charge in [0.05, 0.1) is 5.69 Å². The summed E-state index contributed by atoms with van der Waals surface area (Å²) in [4.78, 5) is 14.7. The predicted molar refractivity (Wildman–Crippen MR) is 105 cm³/mol. The lowest BCUT2D eigenvalue weighted by molar-refractivity contribution is 0.0949. The molecule has 0 fully saturated rings. The first-order valence-corrected chi connectivity index (χ1v) is 9.23. The first-order valence-electron chi connectivity index (χ1n) is 9.23. The summed E-state index contributed by atoms with van der Waals surface area (Å²) < 4.78 is 5.06. The van der Waals surface area contributed by atoms with Crippen molar-refractivity contribution in [2.75, 3.05) is 11.4 Å². The van der Waals surface area contributed by atoms with E-state index in [1.165, 1.54) is 16.8 Å². The number of nitrogens with one attached hydrogen (secondary N) is 1. The highest BCUT2D eigenvalue weighted by Gasteiger charge is 2.19. The van der Waals surface area contributed by atoms with Crippen LogP contribution in [0, 0.1) is 13.8 Å². The van der Waals surface area contributed by atoms with E-state index in [4.69, 9.17) is 4.52 Å². The lowest BCUT2D eigenvalue weighted by atomic mass is 10.1. The maximum Gasteiger partial charge on any atom is 0.257 e. The molecule has 138 valence electrons. The molecule has 0 bridgehead atoms. The second-order valence-electron chi connectivity index (χ2n) is 7.00. The smallest absolute Gasteiger partial charge is 0.257 e. The number of amides is 1. The van der Waals surface area contributed by atoms with Crippen LogP contribution in [-0.4, -0.2) is 17.6 Å². The average Bonchev–Trinajstić information content (AvgIpc) is 3.24. The molecular weight excluding hydrogens is 338 g/mol. The van der Waals surface area contributed by atoms with Gasteiger partial charge in [-0.15, -0.1) is 0 Å². The molecule has 1 aliphatic heterocycles. The minimum atomic E-state index is -0.149. The molecule has 4 rings (SSSR count). The van der Waals surface area contributed by atoms with E-state index in [-0.39, 0.29) is 5.91 Å². The third kappa shape index (κ3) is 3.58. The van der Waals surface area contributed by atoms with E-state index in [9.17, 15) is 4.79 Å². The van der Waals surface area contributed by atoms with Crippen LogP contribution in [0.5, 0.6) is 0 Å². The van der Waals surface area contributed by atoms with Gasteiger partial charge >= 0.3 is 0 Å². The summed E-state index contributed by atoms with van der Waals surface area (Å²) in [5, 5.41) is 6.77. The van der Waals surface area contributed by atoms with Crippen molar-refractivity contribution in [2.24, 2.45) is 0 Å². The Morgan fingerprint density at radius 1 is 1.11 bits per heavy atom. The number of anilines is 1. The van der Waals surface area contributed by atoms with Crippen LogP contribution >= 0.6 is 0 Å². The maximum atomic E-state index is 12.3. The number of hydrogen-bond donors (Lipinski definition) is 1. The Bertz CT molecular complexity index is 940. The number of carbonyl (C=O) groups excluding carboxylic acids is 1. The molecule has 0 unspecified atom stereocenters. The number of fused-ring (bicyclic) bond motifs is 1. The number of benzene rings is 2. The minimum absolute atomic E-state index is 0.149. The Hall–Kier alpha value is -3.08. The number of aromatic nitrogens is 1. The molecule has 1 amide bonds. The summed E-state index contributed by atoms with van der Waals surface area (Å²) in [7, 11) is 0. The van der Waals surface area contributed by atoms with Gasteiger partial charge in [0.15, 0.2) is 0 Å². The molecule has 0 aliphatic carbocycles. The SMILES string of the molecule is Cc1noc(C)c1C(=O)NCc1ccc(CN2CCc3ccccc32)cc1. The monoisotopic (exact) mass is 361 g/mol. The third-order valence-corrected chi connectivity index (χ3v) is 5.09. The minimum Gasteiger partial charge on any atom is -0.367 e. The Morgan fingerprint density at radius 3 is 2.59 bits per heavy atom. The lowest BCUT2D eigenvalue weighted by Gasteiger charge is -2.19. The van der Waals surface area contributed by atoms with E-state index in [0.29, 0.717) is 23.6 Å². The van der Waals surface area contributed by atoms with Crippen molar-refractivity contribution in [1.29, 1.82) is 0 Å². The predicted octanol–water partition coefficient (Wildman–Crippen LogP) is 3.78. The molecule has 0 radical (unpaired) electrons. The van der Waals surface area contributed by atoms with Gasteiger partial charge in [-0.3, -0.25) is 4.79 Å². The largest absolute Gasteiger partial charge is 0.367 e. The van der Waals surface area contributed by atoms with Gasteiger partial charge in [0.2, 0.25) is 0 Å². The second kappa shape index (κ2) is 7.27. The highest BCUT2D eigenvalue weighted by molar-refractivity contribution is 5.96. The number of para-hydroxylation sites is 1. The van der Waals surface area contributed by atoms with Crippen LogP contribution in [0.15, 0.2) is 53.1 Å². The molecule has 3 aromatic rings. The summed E-state index contributed by atoms with van der Waals surface area (Å²) in [5.41, 5.74) is 6.25. The fourth-order valence-corrected chi connectivity index (χ4v) is 3.63. The quantitative estimate of drug-likeness (QED) is 0.751. The molecule has 1 N–H and O–H groups in total. The summed E-state index contributed by atoms with van der Waals surface area (Å²) in [6, 6.07) is 17.0. The lowest BCUT2D eigenvalue weighted by Crippen LogP contribution is -2.24. The molecule has 0 atom stereocenters. The molecule has 5 nitrogen and oxygen atoms in total. The van der Waals surface area contributed by atoms with Crippen molar-refractivity contribution in [3.05, 3.63) is 82.2 Å². The van der Waals surface area contributed by atoms with Crippen LogP contribution in [-0.2, 0) is 19.5 Å². The number of nitrogens with zero attached hydrogens (tertiary/aromatic N) is 2. The summed E-state index contributed by atoms with van der Waals surface area (Å²) in [6.45, 7) is 5.98. The van der Waals surface area contributed by atoms with Crippen molar-refractivity contribution in [1.82, 2.24) is 10.5 Å². The third-order valence-electron chi connectivity index (χ3n) is 5.09. The fourth-order valence-electron chi connectivity index (χ4n) is 3.63. The molecular formula is C22H23N3O2. The van der Waals surface area contributed by atoms with Crippen LogP contribution in [0.1, 0.15) is 38.5 Å². The highest BCUT2D eigenvalue weighted by Crippen LogP contribution is 2.28. The van der Waals surface area contributed by atoms with E-state index >= 15 is 0 Å². The number of aryl methyl sites for hydroxylation is 2. The highest BCUT2D eigenvalue weighted by atomic mass is 16.5. The number of rotatable bonds is 5. The van der Waals surface area contributed by atoms with Crippen molar-refractivity contribution in [2.45, 2.75) is 33.4 Å². The first kappa shape index (κ1) is 17.3. The van der Waals surface area contributed by atoms with Gasteiger partial charge in [-0.1, -0.05) is 47.6 Å². The van der Waals surface area contributed by atoms with Crippen molar-refractivity contribution in [3.63, 3.8) is 0 Å². The van der Waals surface area contributed by atoms with Crippen molar-refractivity contribution >= 4 is 11.6 Å². The molecule has 2 heterocycles. The maximum absolute atomic E-state index is 12.3. The molecule has 0 saturated heterocycles. The van der Waals surface area contributed by atoms with Gasteiger partial charge in [0, 0.05) is 25.3 Å². The Balaban J connectivity index is 1.36. The van der Waals surface area contributed by atoms with Crippen LogP contribution in [0.25, 0.3) is 0 Å². The Kier molecular flexibility index (Phi) is 4.67. The van der Waals surface area contributed by atoms with Gasteiger partial charge in [-0.05, 0) is 43.0 Å². The molecule has 1 aromatic heterocycles. The number of hydrogen-bond acceptors (Lipinski definition) is 4. The Labute approximate surface area is 159 Å². The normalized spacial score (nSPS) is 12.9. The van der Waals surface area contributed by atoms with Gasteiger partial charge in [-0.25, -0.2) is 0 Å². The van der Waals surface area contributed by atoms with Crippen LogP contribution in [0.3, 0.4) is 0 Å². The molecule has 1 aliphatic rings. The van der Waals surface area contributed by atoms with Crippen LogP contribution < -0.4 is 10.2 Å². The average molecular weight is 361 g/mol. The van der Waals surface area contributed by atoms with Crippen molar-refractivity contribution < 1.29 is 9.32 Å². The topological polar surface area (TPSA) is 58.4 Å². The van der Waals surface area contributed by atoms with Gasteiger partial charge in [-0.2, -0.15) is 0 Å². The standard InChI is InChI=1S/C22H23N3O2/c1-15-21(16(2)27-24-15)22(26)23-13-17-7-9-18(10-8-17)14-25-12-11-19-5-3-4-6-20(19)25/h3-10H,11-14H2,1-2H3,(H,23,26). The van der Waals surface area contributed by atoms with E-state index in [1.54, 1.807) is 13.8 Å². The summed E-state index contributed by atoms with van der Waals surface area (Å²) in [5.74, 6) is 0.398. The van der Waals surface area contributed by atoms with Gasteiger partial charge < -0.3 is 14.7 Å². The van der Waals surface area contributed by atoms with E-state index in [1.807, 2.05) is 0 Å². The summed E-state index contributed by atoms with van der Waals surface area (Å²) in [6.07, 6.45) is 1.11.